The third kappa shape index (κ3) is 3.22. The highest BCUT2D eigenvalue weighted by atomic mass is 16.1. The van der Waals surface area contributed by atoms with Gasteiger partial charge in [-0.3, -0.25) is 9.20 Å². The Morgan fingerprint density at radius 3 is 2.83 bits per heavy atom. The fraction of sp³-hybridized carbons (Fsp3) is 0.182. The Labute approximate surface area is 173 Å². The molecule has 0 atom stereocenters. The monoisotopic (exact) mass is 399 g/mol. The zero-order valence-electron chi connectivity index (χ0n) is 16.3. The van der Waals surface area contributed by atoms with Crippen molar-refractivity contribution in [2.24, 2.45) is 5.73 Å². The Hall–Kier alpha value is -3.94. The highest BCUT2D eigenvalue weighted by Gasteiger charge is 2.21. The number of carbonyl (C=O) groups is 1. The number of hydrogen-bond acceptors (Lipinski definition) is 6. The van der Waals surface area contributed by atoms with Crippen molar-refractivity contribution in [2.45, 2.75) is 19.4 Å². The molecule has 0 spiro atoms. The molecule has 3 aromatic heterocycles. The van der Waals surface area contributed by atoms with Crippen LogP contribution in [0.2, 0.25) is 0 Å². The number of primary amides is 1. The second kappa shape index (κ2) is 7.47. The van der Waals surface area contributed by atoms with Crippen LogP contribution in [0.5, 0.6) is 0 Å². The topological polar surface area (TPSA) is 110 Å². The van der Waals surface area contributed by atoms with Gasteiger partial charge in [-0.05, 0) is 30.5 Å². The molecule has 4 heterocycles. The van der Waals surface area contributed by atoms with Crippen LogP contribution >= 0.6 is 0 Å². The van der Waals surface area contributed by atoms with Crippen molar-refractivity contribution in [1.29, 1.82) is 0 Å². The summed E-state index contributed by atoms with van der Waals surface area (Å²) in [4.78, 5) is 25.8. The minimum atomic E-state index is -0.509. The zero-order valence-corrected chi connectivity index (χ0v) is 16.3. The van der Waals surface area contributed by atoms with Crippen LogP contribution in [0.3, 0.4) is 0 Å². The number of rotatable bonds is 5. The molecule has 4 N–H and O–H groups in total. The molecular weight excluding hydrogens is 378 g/mol. The van der Waals surface area contributed by atoms with Crippen molar-refractivity contribution in [3.8, 4) is 11.5 Å². The molecule has 30 heavy (non-hydrogen) atoms. The minimum absolute atomic E-state index is 0.369. The lowest BCUT2D eigenvalue weighted by Gasteiger charge is -2.21. The number of benzene rings is 1. The number of fused-ring (bicyclic) bond motifs is 2. The number of nitrogens with two attached hydrogens (primary N) is 1. The SMILES string of the molecule is NC(=O)c1cccc2c(-c3nc4c(c(NCc5ccccc5)n3)NCCC4)ncn12. The molecule has 1 aliphatic rings. The molecule has 0 saturated carbocycles. The first-order chi connectivity index (χ1) is 14.7. The van der Waals surface area contributed by atoms with E-state index < -0.39 is 5.91 Å². The van der Waals surface area contributed by atoms with Gasteiger partial charge < -0.3 is 16.4 Å². The van der Waals surface area contributed by atoms with E-state index in [0.29, 0.717) is 23.8 Å². The van der Waals surface area contributed by atoms with E-state index in [1.807, 2.05) is 24.3 Å². The number of anilines is 2. The maximum Gasteiger partial charge on any atom is 0.265 e. The van der Waals surface area contributed by atoms with Crippen molar-refractivity contribution in [3.05, 3.63) is 71.8 Å². The van der Waals surface area contributed by atoms with E-state index in [1.54, 1.807) is 22.9 Å². The molecule has 4 aromatic rings. The molecule has 0 unspecified atom stereocenters. The lowest BCUT2D eigenvalue weighted by atomic mass is 10.1. The van der Waals surface area contributed by atoms with Gasteiger partial charge in [0.05, 0.1) is 16.9 Å². The summed E-state index contributed by atoms with van der Waals surface area (Å²) in [7, 11) is 0. The number of pyridine rings is 1. The van der Waals surface area contributed by atoms with Gasteiger partial charge in [0.25, 0.3) is 5.91 Å². The van der Waals surface area contributed by atoms with Gasteiger partial charge in [-0.2, -0.15) is 0 Å². The highest BCUT2D eigenvalue weighted by Crippen LogP contribution is 2.31. The summed E-state index contributed by atoms with van der Waals surface area (Å²) in [6.45, 7) is 1.55. The number of aromatic nitrogens is 4. The average Bonchev–Trinajstić information content (AvgIpc) is 3.22. The van der Waals surface area contributed by atoms with Gasteiger partial charge >= 0.3 is 0 Å². The summed E-state index contributed by atoms with van der Waals surface area (Å²) < 4.78 is 1.68. The standard InChI is InChI=1S/C22H21N7O/c23-20(30)17-10-4-9-16-19(26-13-29(16)17)22-27-15-8-5-11-24-18(15)21(28-22)25-12-14-6-2-1-3-7-14/h1-4,6-7,9-10,13,24H,5,8,11-12H2,(H2,23,30)(H,25,27,28). The smallest absolute Gasteiger partial charge is 0.265 e. The van der Waals surface area contributed by atoms with E-state index in [4.69, 9.17) is 15.7 Å². The lowest BCUT2D eigenvalue weighted by Crippen LogP contribution is -2.18. The third-order valence-electron chi connectivity index (χ3n) is 5.22. The Kier molecular flexibility index (Phi) is 4.51. The highest BCUT2D eigenvalue weighted by molar-refractivity contribution is 5.93. The number of nitrogens with zero attached hydrogens (tertiary/aromatic N) is 4. The third-order valence-corrected chi connectivity index (χ3v) is 5.22. The Bertz CT molecular complexity index is 1230. The second-order valence-corrected chi connectivity index (χ2v) is 7.21. The minimum Gasteiger partial charge on any atom is -0.381 e. The summed E-state index contributed by atoms with van der Waals surface area (Å²) in [5.74, 6) is 0.771. The second-order valence-electron chi connectivity index (χ2n) is 7.21. The van der Waals surface area contributed by atoms with Crippen molar-refractivity contribution in [3.63, 3.8) is 0 Å². The molecule has 1 amide bonds. The van der Waals surface area contributed by atoms with E-state index in [2.05, 4.69) is 27.8 Å². The van der Waals surface area contributed by atoms with Crippen LogP contribution in [-0.4, -0.2) is 31.8 Å². The van der Waals surface area contributed by atoms with Crippen LogP contribution in [0.15, 0.2) is 54.9 Å². The van der Waals surface area contributed by atoms with Crippen LogP contribution in [0.1, 0.15) is 28.2 Å². The van der Waals surface area contributed by atoms with Gasteiger partial charge in [-0.1, -0.05) is 36.4 Å². The zero-order chi connectivity index (χ0) is 20.5. The van der Waals surface area contributed by atoms with Crippen molar-refractivity contribution in [1.82, 2.24) is 19.4 Å². The molecular formula is C22H21N7O. The number of amides is 1. The Morgan fingerprint density at radius 1 is 1.13 bits per heavy atom. The normalized spacial score (nSPS) is 12.9. The predicted molar refractivity (Wildman–Crippen MR) is 115 cm³/mol. The van der Waals surface area contributed by atoms with Gasteiger partial charge in [-0.15, -0.1) is 0 Å². The summed E-state index contributed by atoms with van der Waals surface area (Å²) in [6, 6.07) is 15.5. The molecule has 0 aliphatic carbocycles. The maximum atomic E-state index is 11.8. The quantitative estimate of drug-likeness (QED) is 0.476. The van der Waals surface area contributed by atoms with Crippen LogP contribution in [0.25, 0.3) is 17.0 Å². The first-order valence-electron chi connectivity index (χ1n) is 9.89. The van der Waals surface area contributed by atoms with E-state index in [1.165, 1.54) is 5.56 Å². The number of imidazole rings is 1. The molecule has 1 aromatic carbocycles. The first kappa shape index (κ1) is 18.1. The fourth-order valence-corrected chi connectivity index (χ4v) is 3.75. The Morgan fingerprint density at radius 2 is 2.00 bits per heavy atom. The van der Waals surface area contributed by atoms with E-state index in [9.17, 15) is 4.79 Å². The van der Waals surface area contributed by atoms with Gasteiger partial charge in [-0.25, -0.2) is 15.0 Å². The molecule has 1 aliphatic heterocycles. The molecule has 8 nitrogen and oxygen atoms in total. The molecule has 0 saturated heterocycles. The van der Waals surface area contributed by atoms with Crippen molar-refractivity contribution < 1.29 is 4.79 Å². The first-order valence-corrected chi connectivity index (χ1v) is 9.89. The van der Waals surface area contributed by atoms with E-state index >= 15 is 0 Å². The van der Waals surface area contributed by atoms with Crippen LogP contribution in [0.4, 0.5) is 11.5 Å². The molecule has 5 rings (SSSR count). The van der Waals surface area contributed by atoms with Crippen molar-refractivity contribution in [2.75, 3.05) is 17.2 Å². The molecule has 8 heteroatoms. The van der Waals surface area contributed by atoms with Gasteiger partial charge in [0.1, 0.15) is 17.7 Å². The fourth-order valence-electron chi connectivity index (χ4n) is 3.75. The Balaban J connectivity index is 1.58. The maximum absolute atomic E-state index is 11.8. The molecule has 0 bridgehead atoms. The van der Waals surface area contributed by atoms with E-state index in [-0.39, 0.29) is 0 Å². The lowest BCUT2D eigenvalue weighted by molar-refractivity contribution is 0.0994. The molecule has 0 fully saturated rings. The summed E-state index contributed by atoms with van der Waals surface area (Å²) in [5, 5.41) is 6.87. The summed E-state index contributed by atoms with van der Waals surface area (Å²) >= 11 is 0. The van der Waals surface area contributed by atoms with Gasteiger partial charge in [0, 0.05) is 13.1 Å². The van der Waals surface area contributed by atoms with Gasteiger partial charge in [0.2, 0.25) is 0 Å². The molecule has 0 radical (unpaired) electrons. The van der Waals surface area contributed by atoms with Crippen LogP contribution < -0.4 is 16.4 Å². The largest absolute Gasteiger partial charge is 0.381 e. The summed E-state index contributed by atoms with van der Waals surface area (Å²) in [6.07, 6.45) is 3.47. The van der Waals surface area contributed by atoms with Crippen LogP contribution in [-0.2, 0) is 13.0 Å². The number of aryl methyl sites for hydroxylation is 1. The number of hydrogen-bond donors (Lipinski definition) is 3. The van der Waals surface area contributed by atoms with E-state index in [0.717, 1.165) is 42.1 Å². The number of nitrogens with one attached hydrogen (secondary N) is 2. The van der Waals surface area contributed by atoms with Crippen molar-refractivity contribution >= 4 is 22.9 Å². The van der Waals surface area contributed by atoms with Gasteiger partial charge in [0.15, 0.2) is 11.6 Å². The molecule has 150 valence electrons. The predicted octanol–water partition coefficient (Wildman–Crippen LogP) is 2.86. The average molecular weight is 399 g/mol. The number of carbonyl (C=O) groups excluding carboxylic acids is 1. The van der Waals surface area contributed by atoms with Crippen LogP contribution in [0, 0.1) is 0 Å². The summed E-state index contributed by atoms with van der Waals surface area (Å²) in [5.41, 5.74) is 10.3.